The minimum absolute atomic E-state index is 0.304. The van der Waals surface area contributed by atoms with Gasteiger partial charge in [-0.3, -0.25) is 9.69 Å². The molecule has 2 fully saturated rings. The van der Waals surface area contributed by atoms with Crippen molar-refractivity contribution in [3.05, 3.63) is 0 Å². The number of fused-ring (bicyclic) bond motifs is 2. The van der Waals surface area contributed by atoms with Gasteiger partial charge < -0.3 is 10.0 Å². The summed E-state index contributed by atoms with van der Waals surface area (Å²) in [5.74, 6) is -0.671. The van der Waals surface area contributed by atoms with Gasteiger partial charge in [-0.25, -0.2) is 0 Å². The number of hydrogen-bond acceptors (Lipinski definition) is 3. The zero-order chi connectivity index (χ0) is 13.1. The number of carboxylic acid groups (broad SMARTS) is 1. The third-order valence-electron chi connectivity index (χ3n) is 4.39. The van der Waals surface area contributed by atoms with E-state index in [1.54, 1.807) is 0 Å². The molecule has 0 aromatic carbocycles. The highest BCUT2D eigenvalue weighted by atomic mass is 16.4. The van der Waals surface area contributed by atoms with Gasteiger partial charge in [0.05, 0.1) is 0 Å². The topological polar surface area (TPSA) is 43.8 Å². The first-order valence-corrected chi connectivity index (χ1v) is 7.29. The molecule has 1 N–H and O–H groups in total. The lowest BCUT2D eigenvalue weighted by atomic mass is 10.1. The van der Waals surface area contributed by atoms with Crippen LogP contribution in [0.3, 0.4) is 0 Å². The largest absolute Gasteiger partial charge is 0.481 e. The number of carbonyl (C=O) groups is 1. The summed E-state index contributed by atoms with van der Waals surface area (Å²) < 4.78 is 0. The molecule has 0 aromatic rings. The Morgan fingerprint density at radius 3 is 2.67 bits per heavy atom. The van der Waals surface area contributed by atoms with Crippen LogP contribution in [0.2, 0.25) is 0 Å². The van der Waals surface area contributed by atoms with Gasteiger partial charge in [-0.15, -0.1) is 0 Å². The fourth-order valence-electron chi connectivity index (χ4n) is 3.68. The van der Waals surface area contributed by atoms with Gasteiger partial charge in [0.25, 0.3) is 0 Å². The Balaban J connectivity index is 1.85. The summed E-state index contributed by atoms with van der Waals surface area (Å²) in [6.07, 6.45) is 5.01. The summed E-state index contributed by atoms with van der Waals surface area (Å²) in [6, 6.07) is 2.10. The normalized spacial score (nSPS) is 29.7. The van der Waals surface area contributed by atoms with Crippen molar-refractivity contribution < 1.29 is 9.90 Å². The van der Waals surface area contributed by atoms with E-state index in [-0.39, 0.29) is 0 Å². The minimum Gasteiger partial charge on any atom is -0.481 e. The monoisotopic (exact) mass is 254 g/mol. The summed E-state index contributed by atoms with van der Waals surface area (Å²) in [5, 5.41) is 8.69. The maximum atomic E-state index is 10.6. The van der Waals surface area contributed by atoms with Crippen LogP contribution in [-0.2, 0) is 4.79 Å². The van der Waals surface area contributed by atoms with Gasteiger partial charge in [-0.2, -0.15) is 0 Å². The van der Waals surface area contributed by atoms with E-state index in [9.17, 15) is 4.79 Å². The van der Waals surface area contributed by atoms with Gasteiger partial charge >= 0.3 is 5.97 Å². The smallest absolute Gasteiger partial charge is 0.303 e. The van der Waals surface area contributed by atoms with Crippen molar-refractivity contribution in [3.8, 4) is 0 Å². The summed E-state index contributed by atoms with van der Waals surface area (Å²) in [5.41, 5.74) is 0. The first-order valence-electron chi connectivity index (χ1n) is 7.29. The third-order valence-corrected chi connectivity index (χ3v) is 4.39. The van der Waals surface area contributed by atoms with Crippen LogP contribution in [0, 0.1) is 0 Å². The molecule has 2 heterocycles. The van der Waals surface area contributed by atoms with Crippen molar-refractivity contribution in [1.82, 2.24) is 9.80 Å². The molecule has 4 nitrogen and oxygen atoms in total. The lowest BCUT2D eigenvalue weighted by Gasteiger charge is -2.32. The van der Waals surface area contributed by atoms with Crippen LogP contribution in [0.4, 0.5) is 0 Å². The molecular formula is C14H26N2O2. The van der Waals surface area contributed by atoms with Crippen LogP contribution in [0.25, 0.3) is 0 Å². The number of likely N-dealkylation sites (tertiary alicyclic amines) is 1. The average Bonchev–Trinajstić information content (AvgIpc) is 2.56. The van der Waals surface area contributed by atoms with Crippen molar-refractivity contribution >= 4 is 5.97 Å². The maximum Gasteiger partial charge on any atom is 0.303 e. The molecule has 2 unspecified atom stereocenters. The van der Waals surface area contributed by atoms with Crippen molar-refractivity contribution in [2.45, 2.75) is 64.1 Å². The molecule has 2 aliphatic heterocycles. The van der Waals surface area contributed by atoms with E-state index in [0.29, 0.717) is 18.5 Å². The van der Waals surface area contributed by atoms with E-state index in [4.69, 9.17) is 5.11 Å². The number of rotatable bonds is 5. The molecule has 0 saturated carbocycles. The highest BCUT2D eigenvalue weighted by molar-refractivity contribution is 5.66. The SMILES string of the molecule is CC(C)N1C2CCC1CN(CCCC(=O)O)CC2. The van der Waals surface area contributed by atoms with Gasteiger partial charge in [-0.05, 0) is 52.6 Å². The van der Waals surface area contributed by atoms with Crippen LogP contribution in [-0.4, -0.2) is 58.6 Å². The molecule has 0 aromatic heterocycles. The second-order valence-electron chi connectivity index (χ2n) is 6.01. The first kappa shape index (κ1) is 13.8. The summed E-state index contributed by atoms with van der Waals surface area (Å²) in [6.45, 7) is 7.82. The fourth-order valence-corrected chi connectivity index (χ4v) is 3.68. The van der Waals surface area contributed by atoms with Crippen molar-refractivity contribution in [2.24, 2.45) is 0 Å². The molecule has 0 spiro atoms. The van der Waals surface area contributed by atoms with E-state index in [0.717, 1.165) is 32.1 Å². The molecular weight excluding hydrogens is 228 g/mol. The molecule has 18 heavy (non-hydrogen) atoms. The second-order valence-corrected chi connectivity index (χ2v) is 6.01. The van der Waals surface area contributed by atoms with E-state index < -0.39 is 5.97 Å². The molecule has 0 amide bonds. The standard InChI is InChI=1S/C14H26N2O2/c1-11(2)16-12-5-6-13(16)10-15(9-7-12)8-3-4-14(17)18/h11-13H,3-10H2,1-2H3,(H,17,18). The number of nitrogens with zero attached hydrogens (tertiary/aromatic N) is 2. The van der Waals surface area contributed by atoms with Crippen molar-refractivity contribution in [3.63, 3.8) is 0 Å². The highest BCUT2D eigenvalue weighted by Gasteiger charge is 2.38. The van der Waals surface area contributed by atoms with Crippen LogP contribution in [0.5, 0.6) is 0 Å². The maximum absolute atomic E-state index is 10.6. The van der Waals surface area contributed by atoms with Crippen molar-refractivity contribution in [2.75, 3.05) is 19.6 Å². The summed E-state index contributed by atoms with van der Waals surface area (Å²) in [4.78, 5) is 15.7. The van der Waals surface area contributed by atoms with Crippen LogP contribution in [0.1, 0.15) is 46.0 Å². The quantitative estimate of drug-likeness (QED) is 0.812. The second kappa shape index (κ2) is 6.02. The van der Waals surface area contributed by atoms with Gasteiger partial charge in [0.1, 0.15) is 0 Å². The van der Waals surface area contributed by atoms with E-state index in [1.165, 1.54) is 19.3 Å². The van der Waals surface area contributed by atoms with Gasteiger partial charge in [-0.1, -0.05) is 0 Å². The fraction of sp³-hybridized carbons (Fsp3) is 0.929. The first-order chi connectivity index (χ1) is 8.58. The van der Waals surface area contributed by atoms with E-state index >= 15 is 0 Å². The molecule has 2 rings (SSSR count). The Morgan fingerprint density at radius 1 is 1.28 bits per heavy atom. The molecule has 104 valence electrons. The third kappa shape index (κ3) is 3.23. The zero-order valence-corrected chi connectivity index (χ0v) is 11.6. The molecule has 4 heteroatoms. The van der Waals surface area contributed by atoms with Crippen LogP contribution >= 0.6 is 0 Å². The zero-order valence-electron chi connectivity index (χ0n) is 11.6. The summed E-state index contributed by atoms with van der Waals surface area (Å²) >= 11 is 0. The molecule has 0 aliphatic carbocycles. The number of hydrogen-bond donors (Lipinski definition) is 1. The van der Waals surface area contributed by atoms with E-state index in [1.807, 2.05) is 0 Å². The number of aliphatic carboxylic acids is 1. The molecule has 2 atom stereocenters. The molecule has 2 aliphatic rings. The van der Waals surface area contributed by atoms with Crippen LogP contribution in [0.15, 0.2) is 0 Å². The molecule has 0 radical (unpaired) electrons. The Morgan fingerprint density at radius 2 is 2.00 bits per heavy atom. The Kier molecular flexibility index (Phi) is 4.62. The average molecular weight is 254 g/mol. The summed E-state index contributed by atoms with van der Waals surface area (Å²) in [7, 11) is 0. The Labute approximate surface area is 110 Å². The van der Waals surface area contributed by atoms with Gasteiger partial charge in [0, 0.05) is 31.1 Å². The van der Waals surface area contributed by atoms with Crippen molar-refractivity contribution in [1.29, 1.82) is 0 Å². The molecule has 2 saturated heterocycles. The Hall–Kier alpha value is -0.610. The van der Waals surface area contributed by atoms with E-state index in [2.05, 4.69) is 23.6 Å². The lowest BCUT2D eigenvalue weighted by Crippen LogP contribution is -2.43. The van der Waals surface area contributed by atoms with Crippen LogP contribution < -0.4 is 0 Å². The van der Waals surface area contributed by atoms with Gasteiger partial charge in [0.2, 0.25) is 0 Å². The Bertz CT molecular complexity index is 294. The van der Waals surface area contributed by atoms with Gasteiger partial charge in [0.15, 0.2) is 0 Å². The minimum atomic E-state index is -0.671. The molecule has 2 bridgehead atoms. The predicted octanol–water partition coefficient (Wildman–Crippen LogP) is 1.80. The highest BCUT2D eigenvalue weighted by Crippen LogP contribution is 2.31. The lowest BCUT2D eigenvalue weighted by molar-refractivity contribution is -0.137. The number of carboxylic acids is 1. The predicted molar refractivity (Wildman–Crippen MR) is 71.7 cm³/mol.